The van der Waals surface area contributed by atoms with E-state index in [-0.39, 0.29) is 12.2 Å². The molecule has 27 heavy (non-hydrogen) atoms. The molecule has 1 N–H and O–H groups in total. The Labute approximate surface area is 160 Å². The fourth-order valence-electron chi connectivity index (χ4n) is 3.26. The molecule has 0 fully saturated rings. The van der Waals surface area contributed by atoms with E-state index in [4.69, 9.17) is 11.6 Å². The van der Waals surface area contributed by atoms with Crippen LogP contribution in [0.1, 0.15) is 31.2 Å². The number of benzene rings is 2. The van der Waals surface area contributed by atoms with Gasteiger partial charge in [-0.3, -0.25) is 4.57 Å². The highest BCUT2D eigenvalue weighted by Gasteiger charge is 2.21. The maximum atomic E-state index is 13.4. The van der Waals surface area contributed by atoms with Crippen LogP contribution in [0.25, 0.3) is 16.6 Å². The first kappa shape index (κ1) is 17.7. The number of fused-ring (bicyclic) bond motifs is 3. The van der Waals surface area contributed by atoms with E-state index >= 15 is 0 Å². The van der Waals surface area contributed by atoms with Crippen molar-refractivity contribution in [1.29, 1.82) is 0 Å². The average Bonchev–Trinajstić information content (AvgIpc) is 3.10. The number of nitrogens with zero attached hydrogens (tertiary/aromatic N) is 3. The summed E-state index contributed by atoms with van der Waals surface area (Å²) in [6.07, 6.45) is 2.84. The molecule has 2 heterocycles. The van der Waals surface area contributed by atoms with E-state index in [1.165, 1.54) is 16.6 Å². The first-order chi connectivity index (χ1) is 13.1. The molecule has 0 saturated heterocycles. The third-order valence-electron chi connectivity index (χ3n) is 4.67. The first-order valence-corrected chi connectivity index (χ1v) is 9.32. The minimum atomic E-state index is -0.404. The van der Waals surface area contributed by atoms with Crippen LogP contribution in [-0.4, -0.2) is 14.2 Å². The summed E-state index contributed by atoms with van der Waals surface area (Å²) in [5.74, 6) is 0.385. The number of hydrogen-bond acceptors (Lipinski definition) is 2. The van der Waals surface area contributed by atoms with E-state index < -0.39 is 5.82 Å². The molecule has 0 aliphatic rings. The van der Waals surface area contributed by atoms with E-state index in [0.717, 1.165) is 36.0 Å². The van der Waals surface area contributed by atoms with E-state index in [9.17, 15) is 9.18 Å². The zero-order chi connectivity index (χ0) is 19.0. The molecule has 0 saturated carbocycles. The van der Waals surface area contributed by atoms with Crippen molar-refractivity contribution >= 4 is 28.2 Å². The predicted octanol–water partition coefficient (Wildman–Crippen LogP) is 3.65. The van der Waals surface area contributed by atoms with Crippen LogP contribution in [0.5, 0.6) is 0 Å². The lowest BCUT2D eigenvalue weighted by Gasteiger charge is -2.10. The Kier molecular flexibility index (Phi) is 4.66. The van der Waals surface area contributed by atoms with Gasteiger partial charge in [-0.15, -0.1) is 0 Å². The highest BCUT2D eigenvalue weighted by Crippen LogP contribution is 2.21. The number of aromatic nitrogens is 4. The minimum Gasteiger partial charge on any atom is -0.273 e. The van der Waals surface area contributed by atoms with Gasteiger partial charge in [-0.25, -0.2) is 14.2 Å². The molecule has 5 nitrogen and oxygen atoms in total. The molecular weight excluding hydrogens is 367 g/mol. The number of halogens is 2. The number of nitrogens with one attached hydrogen (secondary N) is 1. The van der Waals surface area contributed by atoms with Crippen LogP contribution in [0.15, 0.2) is 47.3 Å². The summed E-state index contributed by atoms with van der Waals surface area (Å²) < 4.78 is 16.4. The second-order valence-electron chi connectivity index (χ2n) is 6.56. The van der Waals surface area contributed by atoms with Gasteiger partial charge < -0.3 is 0 Å². The number of aryl methyl sites for hydroxylation is 1. The Morgan fingerprint density at radius 3 is 2.81 bits per heavy atom. The van der Waals surface area contributed by atoms with Gasteiger partial charge in [-0.05, 0) is 40.8 Å². The van der Waals surface area contributed by atoms with Gasteiger partial charge in [0.2, 0.25) is 0 Å². The average molecular weight is 386 g/mol. The second kappa shape index (κ2) is 7.12. The van der Waals surface area contributed by atoms with Gasteiger partial charge in [-0.1, -0.05) is 43.1 Å². The van der Waals surface area contributed by atoms with Crippen LogP contribution in [0.3, 0.4) is 0 Å². The Hall–Kier alpha value is -2.73. The molecular formula is C20H19ClFN4O+. The molecule has 0 unspecified atom stereocenters. The topological polar surface area (TPSA) is 53.4 Å². The highest BCUT2D eigenvalue weighted by molar-refractivity contribution is 6.31. The summed E-state index contributed by atoms with van der Waals surface area (Å²) in [6.45, 7) is 2.35. The number of H-pyrrole nitrogens is 1. The summed E-state index contributed by atoms with van der Waals surface area (Å²) in [4.78, 5) is 16.4. The molecule has 2 aromatic heterocycles. The molecule has 4 rings (SSSR count). The molecule has 7 heteroatoms. The molecule has 138 valence electrons. The Balaban J connectivity index is 1.93. The summed E-state index contributed by atoms with van der Waals surface area (Å²) >= 11 is 6.18. The lowest BCUT2D eigenvalue weighted by atomic mass is 10.2. The number of hydrogen-bond donors (Lipinski definition) is 0. The predicted molar refractivity (Wildman–Crippen MR) is 103 cm³/mol. The maximum Gasteiger partial charge on any atom is 0.423 e. The largest absolute Gasteiger partial charge is 0.423 e. The lowest BCUT2D eigenvalue weighted by Crippen LogP contribution is -2.29. The first-order valence-electron chi connectivity index (χ1n) is 8.95. The molecule has 0 amide bonds. The molecule has 2 aromatic carbocycles. The van der Waals surface area contributed by atoms with Crippen molar-refractivity contribution in [2.45, 2.75) is 32.7 Å². The standard InChI is InChI=1S/C20H18ClFN4O/c1-2-3-8-18-23-19-15-6-4-5-7-17(15)25(20(27)26(19)24-18)12-13-9-10-14(22)11-16(13)21/h4-7,9-11H,2-3,8,12H2,1H3/p+1. The van der Waals surface area contributed by atoms with Gasteiger partial charge in [0, 0.05) is 11.4 Å². The third-order valence-corrected chi connectivity index (χ3v) is 5.02. The van der Waals surface area contributed by atoms with Crippen molar-refractivity contribution in [2.75, 3.05) is 0 Å². The van der Waals surface area contributed by atoms with Crippen LogP contribution in [-0.2, 0) is 13.0 Å². The summed E-state index contributed by atoms with van der Waals surface area (Å²) in [5, 5.41) is 5.66. The van der Waals surface area contributed by atoms with Crippen molar-refractivity contribution < 1.29 is 9.37 Å². The van der Waals surface area contributed by atoms with Crippen LogP contribution < -0.4 is 10.7 Å². The van der Waals surface area contributed by atoms with Gasteiger partial charge in [0.15, 0.2) is 0 Å². The van der Waals surface area contributed by atoms with Crippen LogP contribution >= 0.6 is 11.6 Å². The van der Waals surface area contributed by atoms with Crippen molar-refractivity contribution in [3.8, 4) is 0 Å². The van der Waals surface area contributed by atoms with Gasteiger partial charge in [0.25, 0.3) is 11.5 Å². The van der Waals surface area contributed by atoms with Crippen molar-refractivity contribution in [2.24, 2.45) is 0 Å². The molecule has 0 bridgehead atoms. The van der Waals surface area contributed by atoms with Gasteiger partial charge in [0.05, 0.1) is 22.5 Å². The number of para-hydroxylation sites is 1. The fourth-order valence-corrected chi connectivity index (χ4v) is 3.49. The quantitative estimate of drug-likeness (QED) is 0.526. The maximum absolute atomic E-state index is 13.4. The SMILES string of the molecule is CCCCc1nn2c(=O)n(Cc3ccc(F)cc3Cl)c3ccccc3c2[nH+]1. The number of aromatic amines is 1. The zero-order valence-electron chi connectivity index (χ0n) is 14.9. The number of rotatable bonds is 5. The van der Waals surface area contributed by atoms with Gasteiger partial charge in [-0.2, -0.15) is 0 Å². The molecule has 0 radical (unpaired) electrons. The summed E-state index contributed by atoms with van der Waals surface area (Å²) in [7, 11) is 0. The van der Waals surface area contributed by atoms with Crippen molar-refractivity contribution in [1.82, 2.24) is 14.2 Å². The molecule has 0 spiro atoms. The van der Waals surface area contributed by atoms with Gasteiger partial charge in [0.1, 0.15) is 5.82 Å². The fraction of sp³-hybridized carbons (Fsp3) is 0.250. The minimum absolute atomic E-state index is 0.235. The number of unbranched alkanes of at least 4 members (excludes halogenated alkanes) is 1. The molecule has 0 aliphatic carbocycles. The van der Waals surface area contributed by atoms with E-state index in [2.05, 4.69) is 17.0 Å². The third kappa shape index (κ3) is 3.21. The summed E-state index contributed by atoms with van der Waals surface area (Å²) in [5.41, 5.74) is 1.87. The van der Waals surface area contributed by atoms with Crippen LogP contribution in [0.4, 0.5) is 4.39 Å². The van der Waals surface area contributed by atoms with E-state index in [1.54, 1.807) is 10.6 Å². The smallest absolute Gasteiger partial charge is 0.273 e. The van der Waals surface area contributed by atoms with Gasteiger partial charge >= 0.3 is 5.69 Å². The van der Waals surface area contributed by atoms with E-state index in [0.29, 0.717) is 16.2 Å². The molecule has 4 aromatic rings. The Bertz CT molecular complexity index is 1200. The lowest BCUT2D eigenvalue weighted by molar-refractivity contribution is -0.358. The Morgan fingerprint density at radius 1 is 1.22 bits per heavy atom. The Morgan fingerprint density at radius 2 is 2.04 bits per heavy atom. The highest BCUT2D eigenvalue weighted by atomic mass is 35.5. The second-order valence-corrected chi connectivity index (χ2v) is 6.96. The normalized spacial score (nSPS) is 11.5. The van der Waals surface area contributed by atoms with Crippen molar-refractivity contribution in [3.05, 3.63) is 75.2 Å². The van der Waals surface area contributed by atoms with Crippen LogP contribution in [0.2, 0.25) is 5.02 Å². The molecule has 0 atom stereocenters. The zero-order valence-corrected chi connectivity index (χ0v) is 15.6. The monoisotopic (exact) mass is 385 g/mol. The van der Waals surface area contributed by atoms with E-state index in [1.807, 2.05) is 24.3 Å². The molecule has 0 aliphatic heterocycles. The summed E-state index contributed by atoms with van der Waals surface area (Å²) in [6, 6.07) is 11.9. The van der Waals surface area contributed by atoms with Crippen LogP contribution in [0, 0.1) is 5.82 Å². The van der Waals surface area contributed by atoms with Crippen molar-refractivity contribution in [3.63, 3.8) is 0 Å².